The number of aromatic carboxylic acids is 1. The number of benzene rings is 2. The van der Waals surface area contributed by atoms with Crippen LogP contribution in [0.1, 0.15) is 40.5 Å². The van der Waals surface area contributed by atoms with Crippen LogP contribution >= 0.6 is 0 Å². The number of rotatable bonds is 5. The molecule has 0 aliphatic rings. The summed E-state index contributed by atoms with van der Waals surface area (Å²) >= 11 is 0. The summed E-state index contributed by atoms with van der Waals surface area (Å²) in [6, 6.07) is 14.6. The first-order valence-corrected chi connectivity index (χ1v) is 7.40. The molecule has 0 saturated carbocycles. The highest BCUT2D eigenvalue weighted by atomic mass is 16.4. The second kappa shape index (κ2) is 10.00. The first-order chi connectivity index (χ1) is 11.0. The normalized spacial score (nSPS) is 9.43. The third kappa shape index (κ3) is 7.13. The van der Waals surface area contributed by atoms with Crippen LogP contribution in [-0.4, -0.2) is 28.6 Å². The first kappa shape index (κ1) is 18.2. The fourth-order valence-corrected chi connectivity index (χ4v) is 1.67. The van der Waals surface area contributed by atoms with E-state index in [4.69, 9.17) is 10.2 Å². The Morgan fingerprint density at radius 3 is 2.09 bits per heavy atom. The molecule has 0 fully saturated rings. The molecule has 0 unspecified atom stereocenters. The molecule has 0 spiro atoms. The van der Waals surface area contributed by atoms with E-state index in [0.29, 0.717) is 0 Å². The molecule has 122 valence electrons. The van der Waals surface area contributed by atoms with Crippen LogP contribution in [-0.2, 0) is 0 Å². The highest BCUT2D eigenvalue weighted by Crippen LogP contribution is 2.08. The Bertz CT molecular complexity index is 609. The van der Waals surface area contributed by atoms with E-state index < -0.39 is 5.97 Å². The molecular formula is C18H21NO4. The minimum atomic E-state index is -0.986. The minimum absolute atomic E-state index is 0.0223. The zero-order valence-corrected chi connectivity index (χ0v) is 13.0. The van der Waals surface area contributed by atoms with Crippen molar-refractivity contribution in [1.82, 2.24) is 5.32 Å². The Morgan fingerprint density at radius 1 is 0.957 bits per heavy atom. The lowest BCUT2D eigenvalue weighted by Gasteiger charge is -2.02. The summed E-state index contributed by atoms with van der Waals surface area (Å²) in [5.74, 6) is -0.890. The SMILES string of the molecule is CCCCNC(=O)c1ccccc1.O=C(O)c1ccc(O)cc1. The van der Waals surface area contributed by atoms with Gasteiger partial charge in [-0.05, 0) is 42.8 Å². The number of hydrogen-bond acceptors (Lipinski definition) is 3. The number of hydrogen-bond donors (Lipinski definition) is 3. The van der Waals surface area contributed by atoms with E-state index >= 15 is 0 Å². The quantitative estimate of drug-likeness (QED) is 0.739. The lowest BCUT2D eigenvalue weighted by atomic mass is 10.2. The number of phenolic OH excluding ortho intramolecular Hbond substituents is 1. The standard InChI is InChI=1S/C11H15NO.C7H6O3/c1-2-3-9-12-11(13)10-7-5-4-6-8-10;8-6-3-1-5(2-4-6)7(9)10/h4-8H,2-3,9H2,1H3,(H,12,13);1-4,8H,(H,9,10). The average molecular weight is 315 g/mol. The molecule has 0 aliphatic carbocycles. The van der Waals surface area contributed by atoms with Gasteiger partial charge in [-0.3, -0.25) is 4.79 Å². The number of amides is 1. The Hall–Kier alpha value is -2.82. The van der Waals surface area contributed by atoms with Crippen LogP contribution in [0.25, 0.3) is 0 Å². The van der Waals surface area contributed by atoms with Gasteiger partial charge in [0.05, 0.1) is 5.56 Å². The van der Waals surface area contributed by atoms with Crippen LogP contribution in [0.15, 0.2) is 54.6 Å². The van der Waals surface area contributed by atoms with Crippen LogP contribution in [0, 0.1) is 0 Å². The van der Waals surface area contributed by atoms with Crippen molar-refractivity contribution in [2.24, 2.45) is 0 Å². The van der Waals surface area contributed by atoms with Crippen LogP contribution < -0.4 is 5.32 Å². The van der Waals surface area contributed by atoms with Gasteiger partial charge in [0.15, 0.2) is 0 Å². The van der Waals surface area contributed by atoms with Gasteiger partial charge in [-0.2, -0.15) is 0 Å². The fourth-order valence-electron chi connectivity index (χ4n) is 1.67. The number of carbonyl (C=O) groups excluding carboxylic acids is 1. The number of aromatic hydroxyl groups is 1. The van der Waals surface area contributed by atoms with Crippen LogP contribution in [0.3, 0.4) is 0 Å². The molecule has 1 amide bonds. The van der Waals surface area contributed by atoms with E-state index in [0.717, 1.165) is 24.9 Å². The van der Waals surface area contributed by atoms with Crippen molar-refractivity contribution in [3.8, 4) is 5.75 Å². The second-order valence-electron chi connectivity index (χ2n) is 4.83. The topological polar surface area (TPSA) is 86.6 Å². The molecule has 0 bridgehead atoms. The smallest absolute Gasteiger partial charge is 0.335 e. The fraction of sp³-hybridized carbons (Fsp3) is 0.222. The van der Waals surface area contributed by atoms with E-state index in [-0.39, 0.29) is 17.2 Å². The van der Waals surface area contributed by atoms with Gasteiger partial charge < -0.3 is 15.5 Å². The lowest BCUT2D eigenvalue weighted by Crippen LogP contribution is -2.24. The van der Waals surface area contributed by atoms with E-state index in [1.807, 2.05) is 30.3 Å². The first-order valence-electron chi connectivity index (χ1n) is 7.40. The molecule has 0 aliphatic heterocycles. The summed E-state index contributed by atoms with van der Waals surface area (Å²) in [5.41, 5.74) is 0.913. The summed E-state index contributed by atoms with van der Waals surface area (Å²) in [5, 5.41) is 20.0. The van der Waals surface area contributed by atoms with Gasteiger partial charge in [-0.1, -0.05) is 31.5 Å². The Balaban J connectivity index is 0.000000238. The maximum Gasteiger partial charge on any atom is 0.335 e. The highest BCUT2D eigenvalue weighted by molar-refractivity contribution is 5.94. The van der Waals surface area contributed by atoms with Crippen molar-refractivity contribution in [3.05, 3.63) is 65.7 Å². The zero-order valence-electron chi connectivity index (χ0n) is 13.0. The Labute approximate surface area is 135 Å². The molecular weight excluding hydrogens is 294 g/mol. The summed E-state index contributed by atoms with van der Waals surface area (Å²) in [4.78, 5) is 21.6. The second-order valence-corrected chi connectivity index (χ2v) is 4.83. The number of phenols is 1. The number of carboxylic acid groups (broad SMARTS) is 1. The zero-order chi connectivity index (χ0) is 17.1. The van der Waals surface area contributed by atoms with E-state index in [1.54, 1.807) is 0 Å². The Kier molecular flexibility index (Phi) is 7.92. The van der Waals surface area contributed by atoms with Crippen molar-refractivity contribution >= 4 is 11.9 Å². The summed E-state index contributed by atoms with van der Waals surface area (Å²) in [6.07, 6.45) is 2.15. The van der Waals surface area contributed by atoms with Gasteiger partial charge in [-0.15, -0.1) is 0 Å². The molecule has 0 aromatic heterocycles. The molecule has 0 saturated heterocycles. The van der Waals surface area contributed by atoms with Crippen molar-refractivity contribution in [2.45, 2.75) is 19.8 Å². The largest absolute Gasteiger partial charge is 0.508 e. The lowest BCUT2D eigenvalue weighted by molar-refractivity contribution is 0.0696. The maximum absolute atomic E-state index is 11.4. The van der Waals surface area contributed by atoms with E-state index in [9.17, 15) is 9.59 Å². The molecule has 3 N–H and O–H groups in total. The number of carbonyl (C=O) groups is 2. The molecule has 5 nitrogen and oxygen atoms in total. The van der Waals surface area contributed by atoms with Gasteiger partial charge >= 0.3 is 5.97 Å². The predicted molar refractivity (Wildman–Crippen MR) is 88.7 cm³/mol. The van der Waals surface area contributed by atoms with Crippen molar-refractivity contribution in [2.75, 3.05) is 6.54 Å². The maximum atomic E-state index is 11.4. The summed E-state index contributed by atoms with van der Waals surface area (Å²) in [6.45, 7) is 2.87. The molecule has 5 heteroatoms. The molecule has 0 radical (unpaired) electrons. The molecule has 2 rings (SSSR count). The molecule has 0 heterocycles. The number of nitrogens with one attached hydrogen (secondary N) is 1. The van der Waals surface area contributed by atoms with Gasteiger partial charge in [-0.25, -0.2) is 4.79 Å². The minimum Gasteiger partial charge on any atom is -0.508 e. The predicted octanol–water partition coefficient (Wildman–Crippen LogP) is 3.31. The summed E-state index contributed by atoms with van der Waals surface area (Å²) in [7, 11) is 0. The third-order valence-electron chi connectivity index (χ3n) is 2.97. The number of carboxylic acids is 1. The molecule has 2 aromatic rings. The van der Waals surface area contributed by atoms with Gasteiger partial charge in [0.2, 0.25) is 0 Å². The average Bonchev–Trinajstić information content (AvgIpc) is 2.57. The summed E-state index contributed by atoms with van der Waals surface area (Å²) < 4.78 is 0. The van der Waals surface area contributed by atoms with Crippen molar-refractivity contribution in [3.63, 3.8) is 0 Å². The van der Waals surface area contributed by atoms with Crippen LogP contribution in [0.5, 0.6) is 5.75 Å². The van der Waals surface area contributed by atoms with Crippen molar-refractivity contribution < 1.29 is 19.8 Å². The van der Waals surface area contributed by atoms with Crippen LogP contribution in [0.2, 0.25) is 0 Å². The van der Waals surface area contributed by atoms with Crippen molar-refractivity contribution in [1.29, 1.82) is 0 Å². The monoisotopic (exact) mass is 315 g/mol. The van der Waals surface area contributed by atoms with E-state index in [2.05, 4.69) is 12.2 Å². The van der Waals surface area contributed by atoms with Crippen LogP contribution in [0.4, 0.5) is 0 Å². The van der Waals surface area contributed by atoms with E-state index in [1.165, 1.54) is 24.3 Å². The number of unbranched alkanes of at least 4 members (excludes halogenated alkanes) is 1. The third-order valence-corrected chi connectivity index (χ3v) is 2.97. The molecule has 23 heavy (non-hydrogen) atoms. The molecule has 2 aromatic carbocycles. The Morgan fingerprint density at radius 2 is 1.57 bits per heavy atom. The highest BCUT2D eigenvalue weighted by Gasteiger charge is 2.01. The van der Waals surface area contributed by atoms with Gasteiger partial charge in [0.1, 0.15) is 5.75 Å². The van der Waals surface area contributed by atoms with Gasteiger partial charge in [0, 0.05) is 12.1 Å². The van der Waals surface area contributed by atoms with Gasteiger partial charge in [0.25, 0.3) is 5.91 Å². The molecule has 0 atom stereocenters.